The first kappa shape index (κ1) is 14.0. The second-order valence-electron chi connectivity index (χ2n) is 5.62. The lowest BCUT2D eigenvalue weighted by molar-refractivity contribution is 0.101. The standard InChI is InChI=1S/C16H16N4O3/c1-10(21)11-2-3-12-13(8-11)20-14(15(22)18-12)9-17-16(20)19-4-6-23-7-5-19/h2-3,8-9H,4-7H2,1H3,(H,18,22). The van der Waals surface area contributed by atoms with Crippen LogP contribution in [0.3, 0.4) is 0 Å². The number of nitrogens with zero attached hydrogens (tertiary/aromatic N) is 3. The highest BCUT2D eigenvalue weighted by Crippen LogP contribution is 2.22. The third-order valence-electron chi connectivity index (χ3n) is 4.16. The molecule has 0 aliphatic carbocycles. The lowest BCUT2D eigenvalue weighted by atomic mass is 10.1. The van der Waals surface area contributed by atoms with Crippen LogP contribution in [0.1, 0.15) is 17.3 Å². The predicted molar refractivity (Wildman–Crippen MR) is 86.4 cm³/mol. The highest BCUT2D eigenvalue weighted by molar-refractivity contribution is 5.97. The molecule has 1 aliphatic rings. The molecule has 7 heteroatoms. The molecule has 0 amide bonds. The molecule has 0 radical (unpaired) electrons. The fourth-order valence-electron chi connectivity index (χ4n) is 2.95. The van der Waals surface area contributed by atoms with Crippen LogP contribution in [0, 0.1) is 0 Å². The molecule has 0 bridgehead atoms. The zero-order valence-corrected chi connectivity index (χ0v) is 12.7. The second-order valence-corrected chi connectivity index (χ2v) is 5.62. The molecule has 0 saturated carbocycles. The largest absolute Gasteiger partial charge is 0.378 e. The molecule has 1 N–H and O–H groups in total. The number of fused-ring (bicyclic) bond motifs is 3. The number of ether oxygens (including phenoxy) is 1. The number of carbonyl (C=O) groups is 1. The van der Waals surface area contributed by atoms with Crippen LogP contribution in [-0.4, -0.2) is 46.5 Å². The molecular weight excluding hydrogens is 296 g/mol. The van der Waals surface area contributed by atoms with Crippen molar-refractivity contribution < 1.29 is 9.53 Å². The fraction of sp³-hybridized carbons (Fsp3) is 0.312. The van der Waals surface area contributed by atoms with Crippen LogP contribution < -0.4 is 10.5 Å². The van der Waals surface area contributed by atoms with Crippen molar-refractivity contribution in [2.45, 2.75) is 6.92 Å². The van der Waals surface area contributed by atoms with Crippen molar-refractivity contribution in [3.05, 3.63) is 40.3 Å². The monoisotopic (exact) mass is 312 g/mol. The minimum atomic E-state index is -0.194. The average Bonchev–Trinajstić information content (AvgIpc) is 3.01. The number of benzene rings is 1. The van der Waals surface area contributed by atoms with Crippen molar-refractivity contribution in [3.8, 4) is 0 Å². The minimum Gasteiger partial charge on any atom is -0.378 e. The van der Waals surface area contributed by atoms with Crippen LogP contribution >= 0.6 is 0 Å². The molecule has 118 valence electrons. The zero-order valence-electron chi connectivity index (χ0n) is 12.7. The smallest absolute Gasteiger partial charge is 0.274 e. The van der Waals surface area contributed by atoms with Crippen LogP contribution in [0.25, 0.3) is 16.6 Å². The van der Waals surface area contributed by atoms with Crippen molar-refractivity contribution in [2.24, 2.45) is 0 Å². The van der Waals surface area contributed by atoms with Gasteiger partial charge in [0.1, 0.15) is 5.52 Å². The van der Waals surface area contributed by atoms with Crippen LogP contribution in [0.5, 0.6) is 0 Å². The van der Waals surface area contributed by atoms with Crippen LogP contribution in [0.15, 0.2) is 29.2 Å². The SMILES string of the molecule is CC(=O)c1ccc2[nH]c(=O)c3cnc(N4CCOCC4)n3c2c1. The van der Waals surface area contributed by atoms with Crippen molar-refractivity contribution in [2.75, 3.05) is 31.2 Å². The second kappa shape index (κ2) is 5.20. The van der Waals surface area contributed by atoms with Crippen LogP contribution in [0.4, 0.5) is 5.95 Å². The molecule has 3 heterocycles. The molecule has 23 heavy (non-hydrogen) atoms. The number of aromatic amines is 1. The molecule has 0 spiro atoms. The topological polar surface area (TPSA) is 79.7 Å². The van der Waals surface area contributed by atoms with Crippen molar-refractivity contribution >= 4 is 28.3 Å². The highest BCUT2D eigenvalue weighted by Gasteiger charge is 2.19. The predicted octanol–water partition coefficient (Wildman–Crippen LogP) is 1.22. The summed E-state index contributed by atoms with van der Waals surface area (Å²) in [6.07, 6.45) is 1.57. The van der Waals surface area contributed by atoms with Gasteiger partial charge in [-0.05, 0) is 25.1 Å². The Labute approximate surface area is 131 Å². The first-order valence-corrected chi connectivity index (χ1v) is 7.52. The van der Waals surface area contributed by atoms with Gasteiger partial charge in [0.25, 0.3) is 5.56 Å². The van der Waals surface area contributed by atoms with Gasteiger partial charge in [0.05, 0.1) is 30.4 Å². The van der Waals surface area contributed by atoms with E-state index in [1.54, 1.807) is 24.4 Å². The normalized spacial score (nSPS) is 15.4. The molecule has 1 saturated heterocycles. The number of aromatic nitrogens is 3. The molecule has 2 aromatic heterocycles. The number of imidazole rings is 1. The van der Waals surface area contributed by atoms with Crippen molar-refractivity contribution in [1.29, 1.82) is 0 Å². The summed E-state index contributed by atoms with van der Waals surface area (Å²) < 4.78 is 7.21. The first-order chi connectivity index (χ1) is 11.1. The van der Waals surface area contributed by atoms with Gasteiger partial charge in [0.2, 0.25) is 5.95 Å². The summed E-state index contributed by atoms with van der Waals surface area (Å²) >= 11 is 0. The molecule has 4 rings (SSSR count). The summed E-state index contributed by atoms with van der Waals surface area (Å²) in [4.78, 5) is 33.3. The summed E-state index contributed by atoms with van der Waals surface area (Å²) in [5.41, 5.74) is 2.33. The maximum Gasteiger partial charge on any atom is 0.274 e. The summed E-state index contributed by atoms with van der Waals surface area (Å²) in [5, 5.41) is 0. The van der Waals surface area contributed by atoms with E-state index in [0.29, 0.717) is 35.8 Å². The molecular formula is C16H16N4O3. The van der Waals surface area contributed by atoms with E-state index in [-0.39, 0.29) is 11.3 Å². The number of H-pyrrole nitrogens is 1. The number of hydrogen-bond acceptors (Lipinski definition) is 5. The van der Waals surface area contributed by atoms with Gasteiger partial charge >= 0.3 is 0 Å². The van der Waals surface area contributed by atoms with Gasteiger partial charge < -0.3 is 14.6 Å². The van der Waals surface area contributed by atoms with Gasteiger partial charge in [-0.15, -0.1) is 0 Å². The lowest BCUT2D eigenvalue weighted by Crippen LogP contribution is -2.37. The molecule has 7 nitrogen and oxygen atoms in total. The number of carbonyl (C=O) groups excluding carboxylic acids is 1. The maximum absolute atomic E-state index is 12.3. The Morgan fingerprint density at radius 3 is 2.78 bits per heavy atom. The van der Waals surface area contributed by atoms with E-state index in [4.69, 9.17) is 4.74 Å². The number of anilines is 1. The number of morpholine rings is 1. The highest BCUT2D eigenvalue weighted by atomic mass is 16.5. The van der Waals surface area contributed by atoms with Crippen LogP contribution in [0.2, 0.25) is 0 Å². The van der Waals surface area contributed by atoms with E-state index < -0.39 is 0 Å². The third kappa shape index (κ3) is 2.20. The van der Waals surface area contributed by atoms with E-state index in [1.165, 1.54) is 6.92 Å². The number of hydrogen-bond donors (Lipinski definition) is 1. The molecule has 1 fully saturated rings. The van der Waals surface area contributed by atoms with Gasteiger partial charge in [-0.3, -0.25) is 14.0 Å². The van der Waals surface area contributed by atoms with E-state index >= 15 is 0 Å². The van der Waals surface area contributed by atoms with Crippen molar-refractivity contribution in [1.82, 2.24) is 14.4 Å². The summed E-state index contributed by atoms with van der Waals surface area (Å²) in [6.45, 7) is 4.24. The van der Waals surface area contributed by atoms with Crippen LogP contribution in [-0.2, 0) is 4.74 Å². The lowest BCUT2D eigenvalue weighted by Gasteiger charge is -2.27. The Morgan fingerprint density at radius 2 is 2.04 bits per heavy atom. The minimum absolute atomic E-state index is 0.0145. The van der Waals surface area contributed by atoms with E-state index in [0.717, 1.165) is 18.6 Å². The summed E-state index contributed by atoms with van der Waals surface area (Å²) in [6, 6.07) is 5.28. The van der Waals surface area contributed by atoms with Gasteiger partial charge in [-0.25, -0.2) is 4.98 Å². The Balaban J connectivity index is 2.04. The zero-order chi connectivity index (χ0) is 16.0. The molecule has 0 atom stereocenters. The van der Waals surface area contributed by atoms with Gasteiger partial charge in [-0.1, -0.05) is 0 Å². The van der Waals surface area contributed by atoms with E-state index in [9.17, 15) is 9.59 Å². The third-order valence-corrected chi connectivity index (χ3v) is 4.16. The fourth-order valence-corrected chi connectivity index (χ4v) is 2.95. The number of ketones is 1. The molecule has 3 aromatic rings. The Kier molecular flexibility index (Phi) is 3.16. The molecule has 1 aromatic carbocycles. The number of nitrogens with one attached hydrogen (secondary N) is 1. The maximum atomic E-state index is 12.3. The summed E-state index contributed by atoms with van der Waals surface area (Å²) in [5.74, 6) is 0.694. The van der Waals surface area contributed by atoms with E-state index in [1.807, 2.05) is 4.40 Å². The summed E-state index contributed by atoms with van der Waals surface area (Å²) in [7, 11) is 0. The number of Topliss-reactive ketones (excluding diaryl/α,β-unsaturated/α-hetero) is 1. The van der Waals surface area contributed by atoms with Crippen molar-refractivity contribution in [3.63, 3.8) is 0 Å². The average molecular weight is 312 g/mol. The number of rotatable bonds is 2. The molecule has 0 unspecified atom stereocenters. The van der Waals surface area contributed by atoms with E-state index in [2.05, 4.69) is 14.9 Å². The Bertz CT molecular complexity index is 967. The van der Waals surface area contributed by atoms with Gasteiger partial charge in [0, 0.05) is 18.7 Å². The Morgan fingerprint density at radius 1 is 1.26 bits per heavy atom. The first-order valence-electron chi connectivity index (χ1n) is 7.52. The Hall–Kier alpha value is -2.67. The molecule has 1 aliphatic heterocycles. The van der Waals surface area contributed by atoms with Gasteiger partial charge in [-0.2, -0.15) is 0 Å². The van der Waals surface area contributed by atoms with Gasteiger partial charge in [0.15, 0.2) is 5.78 Å². The quantitative estimate of drug-likeness (QED) is 0.720.